The van der Waals surface area contributed by atoms with Crippen molar-refractivity contribution in [3.63, 3.8) is 0 Å². The lowest BCUT2D eigenvalue weighted by Gasteiger charge is -2.14. The number of nitrogens with zero attached hydrogens (tertiary/aromatic N) is 3. The van der Waals surface area contributed by atoms with Crippen LogP contribution in [0, 0.1) is 6.92 Å². The van der Waals surface area contributed by atoms with Crippen LogP contribution in [0.2, 0.25) is 0 Å². The van der Waals surface area contributed by atoms with Crippen molar-refractivity contribution in [1.82, 2.24) is 19.8 Å². The summed E-state index contributed by atoms with van der Waals surface area (Å²) in [5.74, 6) is 0.554. The van der Waals surface area contributed by atoms with Gasteiger partial charge in [-0.2, -0.15) is 0 Å². The molecule has 1 aliphatic rings. The van der Waals surface area contributed by atoms with E-state index in [2.05, 4.69) is 10.3 Å². The van der Waals surface area contributed by atoms with Crippen LogP contribution in [0.3, 0.4) is 0 Å². The average Bonchev–Trinajstić information content (AvgIpc) is 2.82. The van der Waals surface area contributed by atoms with E-state index in [0.29, 0.717) is 32.0 Å². The number of carbonyl (C=O) groups excluding carboxylic acids is 1. The van der Waals surface area contributed by atoms with Gasteiger partial charge in [0.1, 0.15) is 5.82 Å². The lowest BCUT2D eigenvalue weighted by Crippen LogP contribution is -2.31. The molecule has 0 unspecified atom stereocenters. The fourth-order valence-corrected chi connectivity index (χ4v) is 2.33. The van der Waals surface area contributed by atoms with Gasteiger partial charge < -0.3 is 14.8 Å². The van der Waals surface area contributed by atoms with Gasteiger partial charge in [-0.3, -0.25) is 0 Å². The van der Waals surface area contributed by atoms with Gasteiger partial charge in [0.2, 0.25) is 0 Å². The molecule has 0 bridgehead atoms. The number of hydrogen-bond acceptors (Lipinski definition) is 4. The standard InChI is InChI=1S/C9H15N5O3S/c1-7-12-8(18(10,16)17)6-14(7)5-4-13-3-2-11-9(13)15/h6H,2-5H2,1H3,(H,11,15)(H2,10,16,17). The van der Waals surface area contributed by atoms with Gasteiger partial charge in [0.25, 0.3) is 10.0 Å². The quantitative estimate of drug-likeness (QED) is 0.722. The molecule has 1 aliphatic heterocycles. The maximum Gasteiger partial charge on any atom is 0.317 e. The predicted octanol–water partition coefficient (Wildman–Crippen LogP) is -1.14. The Bertz CT molecular complexity index is 565. The number of rotatable bonds is 4. The minimum absolute atomic E-state index is 0.0977. The summed E-state index contributed by atoms with van der Waals surface area (Å²) in [4.78, 5) is 16.9. The highest BCUT2D eigenvalue weighted by Gasteiger charge is 2.20. The molecule has 2 heterocycles. The Morgan fingerprint density at radius 1 is 1.50 bits per heavy atom. The van der Waals surface area contributed by atoms with Crippen LogP contribution in [-0.4, -0.2) is 48.5 Å². The van der Waals surface area contributed by atoms with Crippen LogP contribution in [0.1, 0.15) is 5.82 Å². The fraction of sp³-hybridized carbons (Fsp3) is 0.556. The molecule has 0 radical (unpaired) electrons. The van der Waals surface area contributed by atoms with E-state index in [4.69, 9.17) is 5.14 Å². The molecular formula is C9H15N5O3S. The third-order valence-corrected chi connectivity index (χ3v) is 3.58. The Morgan fingerprint density at radius 2 is 2.22 bits per heavy atom. The van der Waals surface area contributed by atoms with Crippen molar-refractivity contribution in [3.05, 3.63) is 12.0 Å². The molecule has 2 amide bonds. The van der Waals surface area contributed by atoms with E-state index in [9.17, 15) is 13.2 Å². The summed E-state index contributed by atoms with van der Waals surface area (Å²) in [5, 5.41) is 7.55. The van der Waals surface area contributed by atoms with Gasteiger partial charge in [0.05, 0.1) is 0 Å². The van der Waals surface area contributed by atoms with Gasteiger partial charge in [0, 0.05) is 32.4 Å². The van der Waals surface area contributed by atoms with E-state index in [0.717, 1.165) is 0 Å². The van der Waals surface area contributed by atoms with Gasteiger partial charge in [-0.05, 0) is 6.92 Å². The van der Waals surface area contributed by atoms with Gasteiger partial charge in [0.15, 0.2) is 5.03 Å². The molecule has 0 aliphatic carbocycles. The second-order valence-electron chi connectivity index (χ2n) is 4.08. The maximum absolute atomic E-state index is 11.3. The van der Waals surface area contributed by atoms with Gasteiger partial charge in [-0.1, -0.05) is 0 Å². The third kappa shape index (κ3) is 2.62. The Morgan fingerprint density at radius 3 is 2.72 bits per heavy atom. The summed E-state index contributed by atoms with van der Waals surface area (Å²) >= 11 is 0. The van der Waals surface area contributed by atoms with E-state index in [1.807, 2.05) is 0 Å². The van der Waals surface area contributed by atoms with Crippen molar-refractivity contribution in [2.75, 3.05) is 19.6 Å². The molecule has 0 saturated carbocycles. The van der Waals surface area contributed by atoms with Crippen LogP contribution >= 0.6 is 0 Å². The molecule has 9 heteroatoms. The molecule has 18 heavy (non-hydrogen) atoms. The van der Waals surface area contributed by atoms with Crippen LogP contribution in [0.4, 0.5) is 4.79 Å². The van der Waals surface area contributed by atoms with Crippen molar-refractivity contribution in [2.45, 2.75) is 18.5 Å². The molecular weight excluding hydrogens is 258 g/mol. The summed E-state index contributed by atoms with van der Waals surface area (Å²) in [6.07, 6.45) is 1.39. The van der Waals surface area contributed by atoms with Crippen molar-refractivity contribution < 1.29 is 13.2 Å². The second kappa shape index (κ2) is 4.58. The monoisotopic (exact) mass is 273 g/mol. The lowest BCUT2D eigenvalue weighted by molar-refractivity contribution is 0.215. The van der Waals surface area contributed by atoms with Gasteiger partial charge >= 0.3 is 6.03 Å². The lowest BCUT2D eigenvalue weighted by atomic mass is 10.5. The summed E-state index contributed by atoms with van der Waals surface area (Å²) in [6, 6.07) is -0.0977. The zero-order valence-electron chi connectivity index (χ0n) is 9.96. The molecule has 0 spiro atoms. The SMILES string of the molecule is Cc1nc(S(N)(=O)=O)cn1CCN1CCNC1=O. The minimum Gasteiger partial charge on any atom is -0.336 e. The maximum atomic E-state index is 11.3. The van der Waals surface area contributed by atoms with Crippen LogP contribution in [-0.2, 0) is 16.6 Å². The number of amides is 2. The second-order valence-corrected chi connectivity index (χ2v) is 5.59. The Balaban J connectivity index is 2.06. The number of primary sulfonamides is 1. The molecule has 0 aromatic carbocycles. The third-order valence-electron chi connectivity index (χ3n) is 2.80. The smallest absolute Gasteiger partial charge is 0.317 e. The normalized spacial score (nSPS) is 16.1. The number of aromatic nitrogens is 2. The first kappa shape index (κ1) is 12.8. The van der Waals surface area contributed by atoms with Crippen LogP contribution < -0.4 is 10.5 Å². The number of hydrogen-bond donors (Lipinski definition) is 2. The molecule has 1 fully saturated rings. The number of nitrogens with two attached hydrogens (primary N) is 1. The predicted molar refractivity (Wildman–Crippen MR) is 63.3 cm³/mol. The van der Waals surface area contributed by atoms with E-state index >= 15 is 0 Å². The van der Waals surface area contributed by atoms with E-state index in [1.165, 1.54) is 6.20 Å². The molecule has 8 nitrogen and oxygen atoms in total. The van der Waals surface area contributed by atoms with Crippen LogP contribution in [0.5, 0.6) is 0 Å². The summed E-state index contributed by atoms with van der Waals surface area (Å²) in [6.45, 7) is 3.99. The molecule has 0 atom stereocenters. The molecule has 1 aromatic heterocycles. The topological polar surface area (TPSA) is 110 Å². The van der Waals surface area contributed by atoms with E-state index < -0.39 is 10.0 Å². The summed E-state index contributed by atoms with van der Waals surface area (Å²) in [7, 11) is -3.78. The molecule has 1 aromatic rings. The van der Waals surface area contributed by atoms with Crippen molar-refractivity contribution in [2.24, 2.45) is 5.14 Å². The Labute approximate surface area is 105 Å². The van der Waals surface area contributed by atoms with Gasteiger partial charge in [-0.25, -0.2) is 23.3 Å². The molecule has 3 N–H and O–H groups in total. The number of sulfonamides is 1. The highest BCUT2D eigenvalue weighted by atomic mass is 32.2. The van der Waals surface area contributed by atoms with Crippen molar-refractivity contribution >= 4 is 16.1 Å². The first-order valence-electron chi connectivity index (χ1n) is 5.47. The first-order valence-corrected chi connectivity index (χ1v) is 7.02. The summed E-state index contributed by atoms with van der Waals surface area (Å²) in [5.41, 5.74) is 0. The Kier molecular flexibility index (Phi) is 3.26. The van der Waals surface area contributed by atoms with E-state index in [1.54, 1.807) is 16.4 Å². The number of urea groups is 1. The highest BCUT2D eigenvalue weighted by molar-refractivity contribution is 7.89. The largest absolute Gasteiger partial charge is 0.336 e. The first-order chi connectivity index (χ1) is 8.38. The molecule has 100 valence electrons. The van der Waals surface area contributed by atoms with Crippen LogP contribution in [0.25, 0.3) is 0 Å². The number of aryl methyl sites for hydroxylation is 1. The number of carbonyl (C=O) groups is 1. The fourth-order valence-electron chi connectivity index (χ4n) is 1.80. The zero-order valence-corrected chi connectivity index (χ0v) is 10.8. The highest BCUT2D eigenvalue weighted by Crippen LogP contribution is 2.07. The summed E-state index contributed by atoms with van der Waals surface area (Å²) < 4.78 is 23.9. The van der Waals surface area contributed by atoms with Crippen LogP contribution in [0.15, 0.2) is 11.2 Å². The van der Waals surface area contributed by atoms with Gasteiger partial charge in [-0.15, -0.1) is 0 Å². The zero-order chi connectivity index (χ0) is 13.3. The molecule has 1 saturated heterocycles. The van der Waals surface area contributed by atoms with Crippen molar-refractivity contribution in [1.29, 1.82) is 0 Å². The Hall–Kier alpha value is -1.61. The number of imidazole rings is 1. The van der Waals surface area contributed by atoms with Crippen molar-refractivity contribution in [3.8, 4) is 0 Å². The average molecular weight is 273 g/mol. The minimum atomic E-state index is -3.78. The number of nitrogens with one attached hydrogen (secondary N) is 1. The van der Waals surface area contributed by atoms with E-state index in [-0.39, 0.29) is 11.1 Å². The molecule has 2 rings (SSSR count).